The Bertz CT molecular complexity index is 166. The van der Waals surface area contributed by atoms with Gasteiger partial charge in [0.05, 0.1) is 26.4 Å². The van der Waals surface area contributed by atoms with Gasteiger partial charge < -0.3 is 14.8 Å². The predicted molar refractivity (Wildman–Crippen MR) is 59.1 cm³/mol. The minimum Gasteiger partial charge on any atom is -0.379 e. The summed E-state index contributed by atoms with van der Waals surface area (Å²) in [6.07, 6.45) is 2.58. The molecule has 1 unspecified atom stereocenters. The van der Waals surface area contributed by atoms with Crippen LogP contribution in [0.25, 0.3) is 0 Å². The zero-order valence-electron chi connectivity index (χ0n) is 9.41. The molecule has 0 amide bonds. The molecule has 1 N–H and O–H groups in total. The first-order valence-electron chi connectivity index (χ1n) is 6.06. The Hall–Kier alpha value is -0.160. The average Bonchev–Trinajstić information content (AvgIpc) is 2.79. The van der Waals surface area contributed by atoms with E-state index in [2.05, 4.69) is 10.2 Å². The molecule has 15 heavy (non-hydrogen) atoms. The summed E-state index contributed by atoms with van der Waals surface area (Å²) in [7, 11) is 0. The number of rotatable bonds is 5. The highest BCUT2D eigenvalue weighted by molar-refractivity contribution is 4.73. The lowest BCUT2D eigenvalue weighted by atomic mass is 10.2. The molecule has 2 fully saturated rings. The van der Waals surface area contributed by atoms with Crippen molar-refractivity contribution in [2.45, 2.75) is 18.9 Å². The Labute approximate surface area is 91.9 Å². The summed E-state index contributed by atoms with van der Waals surface area (Å²) in [6.45, 7) is 7.83. The molecule has 88 valence electrons. The van der Waals surface area contributed by atoms with Crippen LogP contribution >= 0.6 is 0 Å². The van der Waals surface area contributed by atoms with Crippen LogP contribution in [0, 0.1) is 0 Å². The van der Waals surface area contributed by atoms with Gasteiger partial charge in [0.1, 0.15) is 0 Å². The van der Waals surface area contributed by atoms with Gasteiger partial charge in [-0.3, -0.25) is 4.90 Å². The van der Waals surface area contributed by atoms with E-state index in [-0.39, 0.29) is 0 Å². The summed E-state index contributed by atoms with van der Waals surface area (Å²) in [5, 5.41) is 3.44. The van der Waals surface area contributed by atoms with Gasteiger partial charge in [-0.05, 0) is 19.4 Å². The molecule has 0 spiro atoms. The molecule has 0 saturated carbocycles. The van der Waals surface area contributed by atoms with Gasteiger partial charge in [0.2, 0.25) is 0 Å². The largest absolute Gasteiger partial charge is 0.379 e. The minimum absolute atomic E-state index is 0.606. The van der Waals surface area contributed by atoms with Crippen molar-refractivity contribution in [2.24, 2.45) is 0 Å². The lowest BCUT2D eigenvalue weighted by molar-refractivity contribution is 0.0184. The van der Waals surface area contributed by atoms with E-state index in [0.717, 1.165) is 52.6 Å². The summed E-state index contributed by atoms with van der Waals surface area (Å²) in [6, 6.07) is 0.606. The first kappa shape index (κ1) is 11.3. The van der Waals surface area contributed by atoms with Crippen LogP contribution in [0.15, 0.2) is 0 Å². The van der Waals surface area contributed by atoms with Crippen LogP contribution in [0.3, 0.4) is 0 Å². The van der Waals surface area contributed by atoms with Crippen molar-refractivity contribution in [3.63, 3.8) is 0 Å². The summed E-state index contributed by atoms with van der Waals surface area (Å²) in [4.78, 5) is 2.41. The van der Waals surface area contributed by atoms with E-state index in [0.29, 0.717) is 6.04 Å². The predicted octanol–water partition coefficient (Wildman–Crippen LogP) is 0.0872. The maximum atomic E-state index is 5.68. The quantitative estimate of drug-likeness (QED) is 0.658. The molecule has 2 saturated heterocycles. The fourth-order valence-electron chi connectivity index (χ4n) is 2.14. The van der Waals surface area contributed by atoms with E-state index < -0.39 is 0 Å². The Morgan fingerprint density at radius 1 is 1.33 bits per heavy atom. The van der Waals surface area contributed by atoms with E-state index in [4.69, 9.17) is 9.47 Å². The molecule has 2 aliphatic heterocycles. The molecular formula is C11H22N2O2. The molecular weight excluding hydrogens is 192 g/mol. The van der Waals surface area contributed by atoms with Crippen LogP contribution in [-0.4, -0.2) is 63.5 Å². The van der Waals surface area contributed by atoms with Gasteiger partial charge in [0, 0.05) is 25.7 Å². The molecule has 2 rings (SSSR count). The lowest BCUT2D eigenvalue weighted by Gasteiger charge is -2.26. The molecule has 4 heteroatoms. The summed E-state index contributed by atoms with van der Waals surface area (Å²) in [5.74, 6) is 0. The van der Waals surface area contributed by atoms with Gasteiger partial charge in [-0.15, -0.1) is 0 Å². The van der Waals surface area contributed by atoms with Gasteiger partial charge in [-0.25, -0.2) is 0 Å². The van der Waals surface area contributed by atoms with E-state index in [1.54, 1.807) is 0 Å². The highest BCUT2D eigenvalue weighted by atomic mass is 16.5. The molecule has 2 aliphatic rings. The fraction of sp³-hybridized carbons (Fsp3) is 1.00. The molecule has 0 aliphatic carbocycles. The van der Waals surface area contributed by atoms with Crippen molar-refractivity contribution in [3.05, 3.63) is 0 Å². The Balaban J connectivity index is 1.47. The van der Waals surface area contributed by atoms with Crippen LogP contribution in [-0.2, 0) is 9.47 Å². The second-order valence-corrected chi connectivity index (χ2v) is 4.32. The highest BCUT2D eigenvalue weighted by Crippen LogP contribution is 2.05. The van der Waals surface area contributed by atoms with E-state index in [1.807, 2.05) is 0 Å². The first-order valence-corrected chi connectivity index (χ1v) is 6.06. The number of ether oxygens (including phenoxy) is 2. The Morgan fingerprint density at radius 3 is 2.93 bits per heavy atom. The third-order valence-corrected chi connectivity index (χ3v) is 3.14. The maximum Gasteiger partial charge on any atom is 0.0620 e. The average molecular weight is 214 g/mol. The van der Waals surface area contributed by atoms with E-state index in [9.17, 15) is 0 Å². The van der Waals surface area contributed by atoms with Gasteiger partial charge in [0.15, 0.2) is 0 Å². The highest BCUT2D eigenvalue weighted by Gasteiger charge is 2.14. The second kappa shape index (κ2) is 6.43. The molecule has 4 nitrogen and oxygen atoms in total. The molecule has 0 aromatic carbocycles. The zero-order chi connectivity index (χ0) is 10.3. The Kier molecular flexibility index (Phi) is 4.86. The normalized spacial score (nSPS) is 28.4. The van der Waals surface area contributed by atoms with Crippen LogP contribution in [0.1, 0.15) is 12.8 Å². The van der Waals surface area contributed by atoms with Crippen LogP contribution in [0.5, 0.6) is 0 Å². The fourth-order valence-corrected chi connectivity index (χ4v) is 2.14. The molecule has 2 heterocycles. The van der Waals surface area contributed by atoms with Crippen molar-refractivity contribution in [1.82, 2.24) is 10.2 Å². The topological polar surface area (TPSA) is 33.7 Å². The summed E-state index contributed by atoms with van der Waals surface area (Å²) < 4.78 is 11.0. The summed E-state index contributed by atoms with van der Waals surface area (Å²) in [5.41, 5.74) is 0. The van der Waals surface area contributed by atoms with Crippen molar-refractivity contribution in [2.75, 3.05) is 52.6 Å². The molecule has 0 radical (unpaired) electrons. The number of hydrogen-bond acceptors (Lipinski definition) is 4. The van der Waals surface area contributed by atoms with E-state index >= 15 is 0 Å². The maximum absolute atomic E-state index is 5.68. The monoisotopic (exact) mass is 214 g/mol. The van der Waals surface area contributed by atoms with Crippen LogP contribution in [0.2, 0.25) is 0 Å². The smallest absolute Gasteiger partial charge is 0.0620 e. The van der Waals surface area contributed by atoms with Gasteiger partial charge in [0.25, 0.3) is 0 Å². The molecule has 0 bridgehead atoms. The van der Waals surface area contributed by atoms with E-state index in [1.165, 1.54) is 12.8 Å². The third kappa shape index (κ3) is 4.07. The van der Waals surface area contributed by atoms with Crippen LogP contribution < -0.4 is 5.32 Å². The number of nitrogens with one attached hydrogen (secondary N) is 1. The molecule has 0 aromatic heterocycles. The first-order chi connectivity index (χ1) is 7.45. The SMILES string of the molecule is C1CNC(COCCN2CCOCC2)C1. The number of hydrogen-bond donors (Lipinski definition) is 1. The van der Waals surface area contributed by atoms with Crippen molar-refractivity contribution >= 4 is 0 Å². The number of nitrogens with zero attached hydrogens (tertiary/aromatic N) is 1. The zero-order valence-corrected chi connectivity index (χ0v) is 9.41. The molecule has 1 atom stereocenters. The van der Waals surface area contributed by atoms with Gasteiger partial charge in [-0.2, -0.15) is 0 Å². The van der Waals surface area contributed by atoms with Gasteiger partial charge in [-0.1, -0.05) is 0 Å². The number of morpholine rings is 1. The standard InChI is InChI=1S/C11H22N2O2/c1-2-11(12-3-1)10-15-9-6-13-4-7-14-8-5-13/h11-12H,1-10H2. The van der Waals surface area contributed by atoms with Crippen molar-refractivity contribution in [1.29, 1.82) is 0 Å². The summed E-state index contributed by atoms with van der Waals surface area (Å²) >= 11 is 0. The second-order valence-electron chi connectivity index (χ2n) is 4.32. The van der Waals surface area contributed by atoms with Gasteiger partial charge >= 0.3 is 0 Å². The van der Waals surface area contributed by atoms with Crippen molar-refractivity contribution < 1.29 is 9.47 Å². The molecule has 0 aromatic rings. The third-order valence-electron chi connectivity index (χ3n) is 3.14. The lowest BCUT2D eigenvalue weighted by Crippen LogP contribution is -2.38. The van der Waals surface area contributed by atoms with Crippen molar-refractivity contribution in [3.8, 4) is 0 Å². The Morgan fingerprint density at radius 2 is 2.20 bits per heavy atom. The minimum atomic E-state index is 0.606. The van der Waals surface area contributed by atoms with Crippen LogP contribution in [0.4, 0.5) is 0 Å².